The summed E-state index contributed by atoms with van der Waals surface area (Å²) in [5.41, 5.74) is 0. The van der Waals surface area contributed by atoms with Crippen LogP contribution in [-0.2, 0) is 0 Å². The first-order chi connectivity index (χ1) is 7.84. The van der Waals surface area contributed by atoms with Gasteiger partial charge in [-0.1, -0.05) is 22.0 Å². The van der Waals surface area contributed by atoms with Crippen LogP contribution in [0, 0.1) is 0 Å². The largest absolute Gasteiger partial charge is 0.314 e. The Bertz CT molecular complexity index is 327. The van der Waals surface area contributed by atoms with Gasteiger partial charge in [-0.25, -0.2) is 0 Å². The lowest BCUT2D eigenvalue weighted by Crippen LogP contribution is -2.44. The Morgan fingerprint density at radius 1 is 1.31 bits per heavy atom. The van der Waals surface area contributed by atoms with Crippen molar-refractivity contribution >= 4 is 27.7 Å². The topological polar surface area (TPSA) is 15.3 Å². The lowest BCUT2D eigenvalue weighted by molar-refractivity contribution is 0.255. The van der Waals surface area contributed by atoms with E-state index in [4.69, 9.17) is 0 Å². The van der Waals surface area contributed by atoms with Gasteiger partial charge in [-0.3, -0.25) is 4.90 Å². The molecule has 0 saturated carbocycles. The Labute approximate surface area is 110 Å². The summed E-state index contributed by atoms with van der Waals surface area (Å²) in [4.78, 5) is 3.88. The van der Waals surface area contributed by atoms with Gasteiger partial charge in [0.25, 0.3) is 0 Å². The van der Waals surface area contributed by atoms with E-state index in [1.54, 1.807) is 0 Å². The molecule has 0 bridgehead atoms. The maximum absolute atomic E-state index is 3.50. The summed E-state index contributed by atoms with van der Waals surface area (Å²) in [5.74, 6) is 1.18. The van der Waals surface area contributed by atoms with Crippen molar-refractivity contribution in [2.75, 3.05) is 38.5 Å². The molecule has 0 aliphatic carbocycles. The molecule has 1 aliphatic rings. The molecule has 0 unspecified atom stereocenters. The van der Waals surface area contributed by atoms with Crippen molar-refractivity contribution in [2.45, 2.75) is 4.90 Å². The number of piperazine rings is 1. The maximum atomic E-state index is 3.50. The van der Waals surface area contributed by atoms with Gasteiger partial charge >= 0.3 is 0 Å². The number of rotatable bonds is 4. The minimum absolute atomic E-state index is 1.14. The monoisotopic (exact) mass is 300 g/mol. The Kier molecular flexibility index (Phi) is 5.16. The molecule has 1 aromatic carbocycles. The molecular weight excluding hydrogens is 284 g/mol. The average Bonchev–Trinajstić information content (AvgIpc) is 2.30. The van der Waals surface area contributed by atoms with Crippen LogP contribution in [-0.4, -0.2) is 43.4 Å². The van der Waals surface area contributed by atoms with Gasteiger partial charge in [0.05, 0.1) is 0 Å². The van der Waals surface area contributed by atoms with Crippen LogP contribution in [0.25, 0.3) is 0 Å². The predicted molar refractivity (Wildman–Crippen MR) is 74.2 cm³/mol. The molecule has 0 radical (unpaired) electrons. The smallest absolute Gasteiger partial charge is 0.0186 e. The highest BCUT2D eigenvalue weighted by molar-refractivity contribution is 9.10. The first kappa shape index (κ1) is 12.4. The van der Waals surface area contributed by atoms with Gasteiger partial charge in [0, 0.05) is 47.8 Å². The van der Waals surface area contributed by atoms with Crippen molar-refractivity contribution in [2.24, 2.45) is 0 Å². The van der Waals surface area contributed by atoms with Gasteiger partial charge < -0.3 is 5.32 Å². The molecule has 88 valence electrons. The van der Waals surface area contributed by atoms with E-state index in [-0.39, 0.29) is 0 Å². The molecule has 1 fully saturated rings. The summed E-state index contributed by atoms with van der Waals surface area (Å²) in [5, 5.41) is 3.38. The zero-order chi connectivity index (χ0) is 11.2. The molecule has 1 aliphatic heterocycles. The molecule has 1 aromatic rings. The van der Waals surface area contributed by atoms with Gasteiger partial charge in [-0.05, 0) is 18.2 Å². The molecular formula is C12H17BrN2S. The summed E-state index contributed by atoms with van der Waals surface area (Å²) < 4.78 is 1.17. The number of thioether (sulfide) groups is 1. The molecule has 16 heavy (non-hydrogen) atoms. The van der Waals surface area contributed by atoms with Crippen molar-refractivity contribution in [3.63, 3.8) is 0 Å². The molecule has 1 saturated heterocycles. The lowest BCUT2D eigenvalue weighted by Gasteiger charge is -2.26. The molecule has 0 atom stereocenters. The van der Waals surface area contributed by atoms with E-state index < -0.39 is 0 Å². The number of hydrogen-bond donors (Lipinski definition) is 1. The van der Waals surface area contributed by atoms with E-state index in [0.717, 1.165) is 13.1 Å². The van der Waals surface area contributed by atoms with Crippen LogP contribution < -0.4 is 5.32 Å². The number of nitrogens with zero attached hydrogens (tertiary/aromatic N) is 1. The molecule has 0 amide bonds. The van der Waals surface area contributed by atoms with E-state index in [9.17, 15) is 0 Å². The second-order valence-electron chi connectivity index (χ2n) is 3.90. The van der Waals surface area contributed by atoms with Gasteiger partial charge in [0.15, 0.2) is 0 Å². The highest BCUT2D eigenvalue weighted by atomic mass is 79.9. The quantitative estimate of drug-likeness (QED) is 0.860. The number of nitrogens with one attached hydrogen (secondary N) is 1. The number of hydrogen-bond acceptors (Lipinski definition) is 3. The van der Waals surface area contributed by atoms with E-state index in [1.165, 1.54) is 34.8 Å². The third kappa shape index (κ3) is 4.09. The van der Waals surface area contributed by atoms with Crippen LogP contribution in [0.4, 0.5) is 0 Å². The maximum Gasteiger partial charge on any atom is 0.0186 e. The Balaban J connectivity index is 1.71. The SMILES string of the molecule is Brc1cccc(SCCN2CCNCC2)c1. The summed E-state index contributed by atoms with van der Waals surface area (Å²) in [6, 6.07) is 8.52. The average molecular weight is 301 g/mol. The molecule has 2 rings (SSSR count). The van der Waals surface area contributed by atoms with Gasteiger partial charge in [0.2, 0.25) is 0 Å². The zero-order valence-corrected chi connectivity index (χ0v) is 11.7. The van der Waals surface area contributed by atoms with Crippen LogP contribution in [0.5, 0.6) is 0 Å². The van der Waals surface area contributed by atoms with Crippen molar-refractivity contribution in [1.29, 1.82) is 0 Å². The van der Waals surface area contributed by atoms with Crippen LogP contribution in [0.3, 0.4) is 0 Å². The third-order valence-electron chi connectivity index (χ3n) is 2.68. The highest BCUT2D eigenvalue weighted by Crippen LogP contribution is 2.21. The Hall–Kier alpha value is -0.0300. The minimum Gasteiger partial charge on any atom is -0.314 e. The zero-order valence-electron chi connectivity index (χ0n) is 9.29. The molecule has 1 N–H and O–H groups in total. The van der Waals surface area contributed by atoms with Crippen LogP contribution in [0.15, 0.2) is 33.6 Å². The van der Waals surface area contributed by atoms with E-state index in [1.807, 2.05) is 11.8 Å². The van der Waals surface area contributed by atoms with Crippen LogP contribution in [0.2, 0.25) is 0 Å². The number of halogens is 1. The van der Waals surface area contributed by atoms with Crippen molar-refractivity contribution in [3.8, 4) is 0 Å². The molecule has 0 spiro atoms. The second kappa shape index (κ2) is 6.64. The Morgan fingerprint density at radius 3 is 2.88 bits per heavy atom. The fourth-order valence-electron chi connectivity index (χ4n) is 1.78. The normalized spacial score (nSPS) is 17.6. The first-order valence-corrected chi connectivity index (χ1v) is 7.44. The van der Waals surface area contributed by atoms with Crippen molar-refractivity contribution in [3.05, 3.63) is 28.7 Å². The van der Waals surface area contributed by atoms with Gasteiger partial charge in [-0.15, -0.1) is 11.8 Å². The summed E-state index contributed by atoms with van der Waals surface area (Å²) in [6.07, 6.45) is 0. The minimum atomic E-state index is 1.14. The second-order valence-corrected chi connectivity index (χ2v) is 5.98. The molecule has 4 heteroatoms. The third-order valence-corrected chi connectivity index (χ3v) is 4.15. The molecule has 2 nitrogen and oxygen atoms in total. The fourth-order valence-corrected chi connectivity index (χ4v) is 3.31. The molecule has 1 heterocycles. The fraction of sp³-hybridized carbons (Fsp3) is 0.500. The highest BCUT2D eigenvalue weighted by Gasteiger charge is 2.08. The van der Waals surface area contributed by atoms with Crippen LogP contribution in [0.1, 0.15) is 0 Å². The standard InChI is InChI=1S/C12H17BrN2S/c13-11-2-1-3-12(10-11)16-9-8-15-6-4-14-5-7-15/h1-3,10,14H,4-9H2. The van der Waals surface area contributed by atoms with E-state index >= 15 is 0 Å². The summed E-state index contributed by atoms with van der Waals surface area (Å²) in [6.45, 7) is 5.86. The summed E-state index contributed by atoms with van der Waals surface area (Å²) >= 11 is 5.43. The van der Waals surface area contributed by atoms with E-state index in [0.29, 0.717) is 0 Å². The first-order valence-electron chi connectivity index (χ1n) is 5.66. The van der Waals surface area contributed by atoms with Crippen molar-refractivity contribution in [1.82, 2.24) is 10.2 Å². The van der Waals surface area contributed by atoms with E-state index in [2.05, 4.69) is 50.4 Å². The van der Waals surface area contributed by atoms with Gasteiger partial charge in [-0.2, -0.15) is 0 Å². The van der Waals surface area contributed by atoms with Crippen LogP contribution >= 0.6 is 27.7 Å². The van der Waals surface area contributed by atoms with Gasteiger partial charge in [0.1, 0.15) is 0 Å². The predicted octanol–water partition coefficient (Wildman–Crippen LogP) is 2.45. The Morgan fingerprint density at radius 2 is 2.12 bits per heavy atom. The number of benzene rings is 1. The molecule has 0 aromatic heterocycles. The summed E-state index contributed by atoms with van der Waals surface area (Å²) in [7, 11) is 0. The lowest BCUT2D eigenvalue weighted by atomic mass is 10.4. The van der Waals surface area contributed by atoms with Crippen molar-refractivity contribution < 1.29 is 0 Å².